The summed E-state index contributed by atoms with van der Waals surface area (Å²) in [5, 5.41) is 21.3. The molecule has 0 radical (unpaired) electrons. The maximum absolute atomic E-state index is 10.2. The van der Waals surface area contributed by atoms with Gasteiger partial charge in [0.2, 0.25) is 0 Å². The van der Waals surface area contributed by atoms with Gasteiger partial charge in [-0.05, 0) is 36.4 Å². The molecule has 5 heteroatoms. The van der Waals surface area contributed by atoms with Crippen molar-refractivity contribution in [2.24, 2.45) is 0 Å². The maximum Gasteiger partial charge on any atom is 0.125 e. The van der Waals surface area contributed by atoms with E-state index in [2.05, 4.69) is 4.98 Å². The van der Waals surface area contributed by atoms with E-state index >= 15 is 0 Å². The summed E-state index contributed by atoms with van der Waals surface area (Å²) in [7, 11) is 0. The Hall–Kier alpha value is -3.99. The van der Waals surface area contributed by atoms with Gasteiger partial charge >= 0.3 is 0 Å². The number of pyridine rings is 1. The standard InChI is InChI=1S/C23H15N3O2/c27-20-7-3-1-5-15(20)17-11-9-14-10-12-18-23(22(14)25-17)26-19(13-24-18)16-6-2-4-8-21(16)28/h1-13,27-28H. The van der Waals surface area contributed by atoms with Gasteiger partial charge in [0.15, 0.2) is 0 Å². The molecule has 28 heavy (non-hydrogen) atoms. The van der Waals surface area contributed by atoms with Crippen molar-refractivity contribution in [1.82, 2.24) is 15.0 Å². The molecule has 0 amide bonds. The Bertz CT molecular complexity index is 1240. The minimum Gasteiger partial charge on any atom is -0.507 e. The van der Waals surface area contributed by atoms with Crippen LogP contribution in [0.1, 0.15) is 0 Å². The highest BCUT2D eigenvalue weighted by Crippen LogP contribution is 2.32. The smallest absolute Gasteiger partial charge is 0.125 e. The van der Waals surface area contributed by atoms with Gasteiger partial charge in [-0.25, -0.2) is 9.97 Å². The molecule has 134 valence electrons. The van der Waals surface area contributed by atoms with E-state index in [4.69, 9.17) is 9.97 Å². The van der Waals surface area contributed by atoms with Crippen LogP contribution in [0.25, 0.3) is 44.5 Å². The molecular formula is C23H15N3O2. The van der Waals surface area contributed by atoms with Gasteiger partial charge in [0.1, 0.15) is 17.0 Å². The molecule has 0 aliphatic heterocycles. The molecule has 3 aromatic carbocycles. The van der Waals surface area contributed by atoms with Crippen LogP contribution in [0.5, 0.6) is 11.5 Å². The average Bonchev–Trinajstić information content (AvgIpc) is 2.74. The topological polar surface area (TPSA) is 79.1 Å². The van der Waals surface area contributed by atoms with Gasteiger partial charge in [0, 0.05) is 16.5 Å². The van der Waals surface area contributed by atoms with Gasteiger partial charge in [-0.3, -0.25) is 4.98 Å². The molecule has 0 aliphatic rings. The minimum absolute atomic E-state index is 0.152. The lowest BCUT2D eigenvalue weighted by atomic mass is 10.1. The Morgan fingerprint density at radius 3 is 1.89 bits per heavy atom. The summed E-state index contributed by atoms with van der Waals surface area (Å²) in [4.78, 5) is 14.0. The lowest BCUT2D eigenvalue weighted by molar-refractivity contribution is 0.476. The zero-order chi connectivity index (χ0) is 19.1. The molecule has 0 unspecified atom stereocenters. The minimum atomic E-state index is 0.152. The number of aromatic nitrogens is 3. The largest absolute Gasteiger partial charge is 0.507 e. The van der Waals surface area contributed by atoms with E-state index < -0.39 is 0 Å². The summed E-state index contributed by atoms with van der Waals surface area (Å²) in [6.45, 7) is 0. The van der Waals surface area contributed by atoms with Gasteiger partial charge < -0.3 is 10.2 Å². The monoisotopic (exact) mass is 365 g/mol. The molecule has 0 atom stereocenters. The number of phenolic OH excluding ortho intramolecular Hbond substituents is 2. The molecule has 2 N–H and O–H groups in total. The van der Waals surface area contributed by atoms with Gasteiger partial charge in [-0.15, -0.1) is 0 Å². The van der Waals surface area contributed by atoms with Crippen LogP contribution in [-0.2, 0) is 0 Å². The van der Waals surface area contributed by atoms with Gasteiger partial charge in [-0.2, -0.15) is 0 Å². The highest BCUT2D eigenvalue weighted by atomic mass is 16.3. The Labute approximate surface area is 160 Å². The number of nitrogens with zero attached hydrogens (tertiary/aromatic N) is 3. The van der Waals surface area contributed by atoms with E-state index in [0.717, 1.165) is 5.39 Å². The quantitative estimate of drug-likeness (QED) is 0.434. The van der Waals surface area contributed by atoms with Crippen molar-refractivity contribution in [2.75, 3.05) is 0 Å². The van der Waals surface area contributed by atoms with Crippen LogP contribution in [0.3, 0.4) is 0 Å². The summed E-state index contributed by atoms with van der Waals surface area (Å²) >= 11 is 0. The summed E-state index contributed by atoms with van der Waals surface area (Å²) in [5.74, 6) is 0.329. The predicted molar refractivity (Wildman–Crippen MR) is 109 cm³/mol. The summed E-state index contributed by atoms with van der Waals surface area (Å²) in [5.41, 5.74) is 4.57. The van der Waals surface area contributed by atoms with Crippen molar-refractivity contribution in [3.8, 4) is 34.0 Å². The van der Waals surface area contributed by atoms with Crippen LogP contribution in [0, 0.1) is 0 Å². The first-order valence-electron chi connectivity index (χ1n) is 8.84. The van der Waals surface area contributed by atoms with Crippen LogP contribution in [0.4, 0.5) is 0 Å². The first-order valence-corrected chi connectivity index (χ1v) is 8.84. The zero-order valence-corrected chi connectivity index (χ0v) is 14.7. The Morgan fingerprint density at radius 1 is 0.571 bits per heavy atom. The van der Waals surface area contributed by atoms with Gasteiger partial charge in [0.25, 0.3) is 0 Å². The second kappa shape index (κ2) is 6.32. The van der Waals surface area contributed by atoms with E-state index in [1.54, 1.807) is 36.5 Å². The fourth-order valence-electron chi connectivity index (χ4n) is 3.32. The van der Waals surface area contributed by atoms with Crippen molar-refractivity contribution in [3.05, 3.63) is 79.0 Å². The number of benzene rings is 3. The first-order chi connectivity index (χ1) is 13.7. The van der Waals surface area contributed by atoms with Crippen LogP contribution >= 0.6 is 0 Å². The van der Waals surface area contributed by atoms with E-state index in [-0.39, 0.29) is 11.5 Å². The number of aromatic hydroxyl groups is 2. The van der Waals surface area contributed by atoms with Gasteiger partial charge in [-0.1, -0.05) is 36.4 Å². The number of hydrogen-bond acceptors (Lipinski definition) is 5. The predicted octanol–water partition coefficient (Wildman–Crippen LogP) is 4.92. The van der Waals surface area contributed by atoms with E-state index in [9.17, 15) is 10.2 Å². The van der Waals surface area contributed by atoms with Crippen molar-refractivity contribution in [1.29, 1.82) is 0 Å². The highest BCUT2D eigenvalue weighted by molar-refractivity contribution is 6.02. The van der Waals surface area contributed by atoms with Crippen LogP contribution in [-0.4, -0.2) is 25.2 Å². The Morgan fingerprint density at radius 2 is 1.18 bits per heavy atom. The third kappa shape index (κ3) is 2.61. The number of fused-ring (bicyclic) bond motifs is 3. The molecule has 0 fully saturated rings. The first kappa shape index (κ1) is 16.2. The Kier molecular flexibility index (Phi) is 3.66. The van der Waals surface area contributed by atoms with Crippen LogP contribution in [0.15, 0.2) is 79.0 Å². The summed E-state index contributed by atoms with van der Waals surface area (Å²) < 4.78 is 0. The number of phenols is 2. The number of hydrogen-bond donors (Lipinski definition) is 2. The molecule has 5 rings (SSSR count). The molecule has 2 heterocycles. The fourth-order valence-corrected chi connectivity index (χ4v) is 3.32. The van der Waals surface area contributed by atoms with Crippen molar-refractivity contribution in [2.45, 2.75) is 0 Å². The van der Waals surface area contributed by atoms with E-state index in [0.29, 0.717) is 39.1 Å². The molecule has 0 saturated carbocycles. The van der Waals surface area contributed by atoms with Crippen molar-refractivity contribution < 1.29 is 10.2 Å². The normalized spacial score (nSPS) is 11.1. The molecule has 5 aromatic rings. The number of rotatable bonds is 2. The molecule has 0 saturated heterocycles. The van der Waals surface area contributed by atoms with Crippen LogP contribution < -0.4 is 0 Å². The van der Waals surface area contributed by atoms with E-state index in [1.165, 1.54) is 0 Å². The van der Waals surface area contributed by atoms with Crippen LogP contribution in [0.2, 0.25) is 0 Å². The maximum atomic E-state index is 10.2. The lowest BCUT2D eigenvalue weighted by Crippen LogP contribution is -1.93. The molecule has 0 bridgehead atoms. The van der Waals surface area contributed by atoms with E-state index in [1.807, 2.05) is 42.5 Å². The molecule has 0 aliphatic carbocycles. The lowest BCUT2D eigenvalue weighted by Gasteiger charge is -2.09. The summed E-state index contributed by atoms with van der Waals surface area (Å²) in [6, 6.07) is 21.8. The molecular weight excluding hydrogens is 350 g/mol. The van der Waals surface area contributed by atoms with Crippen molar-refractivity contribution >= 4 is 21.9 Å². The highest BCUT2D eigenvalue weighted by Gasteiger charge is 2.12. The molecule has 2 aromatic heterocycles. The molecule has 5 nitrogen and oxygen atoms in total. The van der Waals surface area contributed by atoms with Gasteiger partial charge in [0.05, 0.1) is 28.6 Å². The van der Waals surface area contributed by atoms with Crippen molar-refractivity contribution in [3.63, 3.8) is 0 Å². The average molecular weight is 365 g/mol. The summed E-state index contributed by atoms with van der Waals surface area (Å²) in [6.07, 6.45) is 1.65. The zero-order valence-electron chi connectivity index (χ0n) is 14.7. The third-order valence-electron chi connectivity index (χ3n) is 4.73. The third-order valence-corrected chi connectivity index (χ3v) is 4.73. The number of para-hydroxylation sites is 2. The molecule has 0 spiro atoms. The Balaban J connectivity index is 1.78. The fraction of sp³-hybridized carbons (Fsp3) is 0. The second-order valence-electron chi connectivity index (χ2n) is 6.49. The SMILES string of the molecule is Oc1ccccc1-c1ccc2ccc3ncc(-c4ccccc4O)nc3c2n1. The second-order valence-corrected chi connectivity index (χ2v) is 6.49.